The van der Waals surface area contributed by atoms with Gasteiger partial charge in [-0.3, -0.25) is 14.4 Å². The fraction of sp³-hybridized carbons (Fsp3) is 0.870. The molecule has 0 amide bonds. The minimum Gasteiger partial charge on any atom is -0.481 e. The molecule has 0 heterocycles. The number of carbonyl (C=O) groups excluding carboxylic acids is 2. The van der Waals surface area contributed by atoms with Crippen LogP contribution in [0, 0.1) is 40.4 Å². The Morgan fingerprint density at radius 3 is 2.48 bits per heavy atom. The fourth-order valence-corrected chi connectivity index (χ4v) is 7.59. The number of carboxylic acids is 1. The molecule has 0 aromatic carbocycles. The van der Waals surface area contributed by atoms with E-state index >= 15 is 0 Å². The van der Waals surface area contributed by atoms with Crippen molar-refractivity contribution in [3.05, 3.63) is 0 Å². The third-order valence-corrected chi connectivity index (χ3v) is 8.73. The molecule has 0 saturated heterocycles. The van der Waals surface area contributed by atoms with Crippen molar-refractivity contribution in [2.45, 2.75) is 85.5 Å². The number of fused-ring (bicyclic) bond motifs is 3. The molecule has 7 atom stereocenters. The Labute approximate surface area is 163 Å². The molecule has 3 fully saturated rings. The number of aliphatic carboxylic acids is 1. The van der Waals surface area contributed by atoms with Crippen molar-refractivity contribution >= 4 is 17.5 Å². The highest BCUT2D eigenvalue weighted by atomic mass is 16.4. The van der Waals surface area contributed by atoms with E-state index in [2.05, 4.69) is 13.8 Å². The van der Waals surface area contributed by atoms with E-state index in [-0.39, 0.29) is 29.5 Å². The van der Waals surface area contributed by atoms with Crippen LogP contribution in [0.4, 0.5) is 0 Å². The zero-order valence-corrected chi connectivity index (χ0v) is 17.4. The molecule has 4 heteroatoms. The molecule has 7 unspecified atom stereocenters. The second kappa shape index (κ2) is 7.33. The van der Waals surface area contributed by atoms with Gasteiger partial charge in [-0.2, -0.15) is 0 Å². The van der Waals surface area contributed by atoms with E-state index in [0.29, 0.717) is 36.4 Å². The van der Waals surface area contributed by atoms with Crippen LogP contribution < -0.4 is 0 Å². The first kappa shape index (κ1) is 20.5. The first-order valence-electron chi connectivity index (χ1n) is 10.9. The Morgan fingerprint density at radius 1 is 1.19 bits per heavy atom. The van der Waals surface area contributed by atoms with E-state index in [0.717, 1.165) is 38.5 Å². The molecule has 27 heavy (non-hydrogen) atoms. The minimum absolute atomic E-state index is 0.0565. The number of ketones is 2. The SMILES string of the molecule is CCCC1CC2C3CCC(=O)C(C)(CCC(=O)O)C3CCC2(C)C1C(C)=O. The first-order valence-corrected chi connectivity index (χ1v) is 10.9. The van der Waals surface area contributed by atoms with Gasteiger partial charge in [0.05, 0.1) is 0 Å². The summed E-state index contributed by atoms with van der Waals surface area (Å²) in [5, 5.41) is 9.17. The van der Waals surface area contributed by atoms with Gasteiger partial charge in [-0.25, -0.2) is 0 Å². The van der Waals surface area contributed by atoms with Crippen LogP contribution >= 0.6 is 0 Å². The summed E-state index contributed by atoms with van der Waals surface area (Å²) in [6.45, 7) is 8.33. The lowest BCUT2D eigenvalue weighted by atomic mass is 9.48. The summed E-state index contributed by atoms with van der Waals surface area (Å²) >= 11 is 0. The number of carboxylic acid groups (broad SMARTS) is 1. The van der Waals surface area contributed by atoms with Crippen molar-refractivity contribution in [2.75, 3.05) is 0 Å². The largest absolute Gasteiger partial charge is 0.481 e. The van der Waals surface area contributed by atoms with Gasteiger partial charge in [0.25, 0.3) is 0 Å². The van der Waals surface area contributed by atoms with Gasteiger partial charge >= 0.3 is 5.97 Å². The summed E-state index contributed by atoms with van der Waals surface area (Å²) in [6.07, 6.45) is 7.33. The number of hydrogen-bond acceptors (Lipinski definition) is 3. The van der Waals surface area contributed by atoms with Gasteiger partial charge in [0.15, 0.2) is 0 Å². The standard InChI is InChI=1S/C23H36O4/c1-5-6-15-13-18-16-7-8-19(25)22(3,12-10-20(26)27)17(16)9-11-23(18,4)21(15)14(2)24/h15-18,21H,5-13H2,1-4H3,(H,26,27). The van der Waals surface area contributed by atoms with Gasteiger partial charge in [-0.05, 0) is 74.5 Å². The quantitative estimate of drug-likeness (QED) is 0.716. The molecular weight excluding hydrogens is 340 g/mol. The molecule has 3 rings (SSSR count). The maximum absolute atomic E-state index is 12.8. The molecule has 0 aromatic rings. The fourth-order valence-electron chi connectivity index (χ4n) is 7.59. The van der Waals surface area contributed by atoms with Crippen LogP contribution in [0.15, 0.2) is 0 Å². The monoisotopic (exact) mass is 376 g/mol. The maximum atomic E-state index is 12.8. The third kappa shape index (κ3) is 3.27. The number of hydrogen-bond donors (Lipinski definition) is 1. The van der Waals surface area contributed by atoms with Crippen molar-refractivity contribution in [3.63, 3.8) is 0 Å². The predicted octanol–water partition coefficient (Wildman–Crippen LogP) is 4.89. The highest BCUT2D eigenvalue weighted by Crippen LogP contribution is 2.66. The summed E-state index contributed by atoms with van der Waals surface area (Å²) in [4.78, 5) is 36.6. The van der Waals surface area contributed by atoms with Gasteiger partial charge < -0.3 is 5.11 Å². The molecule has 0 spiro atoms. The van der Waals surface area contributed by atoms with Gasteiger partial charge in [-0.1, -0.05) is 27.2 Å². The molecule has 152 valence electrons. The maximum Gasteiger partial charge on any atom is 0.303 e. The Bertz CT molecular complexity index is 626. The summed E-state index contributed by atoms with van der Waals surface area (Å²) in [5.41, 5.74) is -0.446. The highest BCUT2D eigenvalue weighted by molar-refractivity contribution is 5.86. The van der Waals surface area contributed by atoms with E-state index in [1.54, 1.807) is 6.92 Å². The molecule has 3 aliphatic carbocycles. The average molecular weight is 377 g/mol. The molecule has 3 saturated carbocycles. The summed E-state index contributed by atoms with van der Waals surface area (Å²) in [7, 11) is 0. The van der Waals surface area contributed by atoms with Crippen LogP contribution in [0.25, 0.3) is 0 Å². The number of rotatable bonds is 6. The van der Waals surface area contributed by atoms with Crippen LogP contribution in [0.3, 0.4) is 0 Å². The van der Waals surface area contributed by atoms with Crippen LogP contribution in [-0.4, -0.2) is 22.6 Å². The van der Waals surface area contributed by atoms with E-state index in [1.807, 2.05) is 6.92 Å². The Kier molecular flexibility index (Phi) is 5.58. The topological polar surface area (TPSA) is 71.4 Å². The molecule has 0 aromatic heterocycles. The second-order valence-electron chi connectivity index (χ2n) is 10.1. The lowest BCUT2D eigenvalue weighted by molar-refractivity contribution is -0.150. The van der Waals surface area contributed by atoms with Crippen molar-refractivity contribution in [3.8, 4) is 0 Å². The Hall–Kier alpha value is -1.19. The van der Waals surface area contributed by atoms with E-state index in [1.165, 1.54) is 0 Å². The molecule has 0 bridgehead atoms. The molecule has 0 aliphatic heterocycles. The highest BCUT2D eigenvalue weighted by Gasteiger charge is 2.62. The molecule has 3 aliphatic rings. The Balaban J connectivity index is 1.91. The second-order valence-corrected chi connectivity index (χ2v) is 10.1. The lowest BCUT2D eigenvalue weighted by Crippen LogP contribution is -2.52. The summed E-state index contributed by atoms with van der Waals surface area (Å²) in [6, 6.07) is 0. The zero-order chi connectivity index (χ0) is 20.0. The molecule has 1 N–H and O–H groups in total. The van der Waals surface area contributed by atoms with Crippen LogP contribution in [0.2, 0.25) is 0 Å². The van der Waals surface area contributed by atoms with Crippen LogP contribution in [0.5, 0.6) is 0 Å². The van der Waals surface area contributed by atoms with Gasteiger partial charge in [-0.15, -0.1) is 0 Å². The van der Waals surface area contributed by atoms with E-state index in [4.69, 9.17) is 0 Å². The van der Waals surface area contributed by atoms with Crippen molar-refractivity contribution < 1.29 is 19.5 Å². The van der Waals surface area contributed by atoms with Gasteiger partial charge in [0.2, 0.25) is 0 Å². The summed E-state index contributed by atoms with van der Waals surface area (Å²) in [5.74, 6) is 1.67. The molecule has 4 nitrogen and oxygen atoms in total. The van der Waals surface area contributed by atoms with Crippen LogP contribution in [-0.2, 0) is 14.4 Å². The normalized spacial score (nSPS) is 43.9. The summed E-state index contributed by atoms with van der Waals surface area (Å²) < 4.78 is 0. The first-order chi connectivity index (χ1) is 12.6. The van der Waals surface area contributed by atoms with Crippen molar-refractivity contribution in [1.29, 1.82) is 0 Å². The average Bonchev–Trinajstić information content (AvgIpc) is 2.89. The number of carbonyl (C=O) groups is 3. The number of Topliss-reactive ketones (excluding diaryl/α,β-unsaturated/α-hetero) is 2. The minimum atomic E-state index is -0.813. The zero-order valence-electron chi connectivity index (χ0n) is 17.4. The third-order valence-electron chi connectivity index (χ3n) is 8.73. The van der Waals surface area contributed by atoms with Crippen LogP contribution in [0.1, 0.15) is 85.5 Å². The van der Waals surface area contributed by atoms with Gasteiger partial charge in [0, 0.05) is 24.2 Å². The van der Waals surface area contributed by atoms with Gasteiger partial charge in [0.1, 0.15) is 11.6 Å². The molecular formula is C23H36O4. The predicted molar refractivity (Wildman–Crippen MR) is 104 cm³/mol. The van der Waals surface area contributed by atoms with Crippen molar-refractivity contribution in [2.24, 2.45) is 40.4 Å². The van der Waals surface area contributed by atoms with E-state index < -0.39 is 11.4 Å². The smallest absolute Gasteiger partial charge is 0.303 e. The molecule has 0 radical (unpaired) electrons. The lowest BCUT2D eigenvalue weighted by Gasteiger charge is -2.55. The van der Waals surface area contributed by atoms with Crippen molar-refractivity contribution in [1.82, 2.24) is 0 Å². The van der Waals surface area contributed by atoms with E-state index in [9.17, 15) is 19.5 Å². The Morgan fingerprint density at radius 2 is 1.89 bits per heavy atom.